The minimum Gasteiger partial charge on any atom is -0.341 e. The van der Waals surface area contributed by atoms with E-state index >= 15 is 0 Å². The molecule has 22 heavy (non-hydrogen) atoms. The molecule has 0 saturated carbocycles. The third-order valence-corrected chi connectivity index (χ3v) is 3.09. The molecule has 122 valence electrons. The Bertz CT molecular complexity index is 477. The maximum atomic E-state index is 11.7. The molecule has 0 saturated heterocycles. The minimum absolute atomic E-state index is 0.0465. The van der Waals surface area contributed by atoms with E-state index in [2.05, 4.69) is 15.9 Å². The van der Waals surface area contributed by atoms with Crippen molar-refractivity contribution < 1.29 is 28.8 Å². The van der Waals surface area contributed by atoms with Crippen molar-refractivity contribution in [2.24, 2.45) is 0 Å². The second-order valence-electron chi connectivity index (χ2n) is 4.19. The molecule has 0 unspecified atom stereocenters. The van der Waals surface area contributed by atoms with Crippen molar-refractivity contribution in [1.82, 2.24) is 9.96 Å². The van der Waals surface area contributed by atoms with Gasteiger partial charge in [-0.3, -0.25) is 14.4 Å². The molecule has 0 aliphatic carbocycles. The summed E-state index contributed by atoms with van der Waals surface area (Å²) in [6.45, 7) is 0.0514. The van der Waals surface area contributed by atoms with Crippen LogP contribution < -0.4 is 0 Å². The van der Waals surface area contributed by atoms with Crippen LogP contribution in [-0.2, 0) is 28.8 Å². The smallest absolute Gasteiger partial charge is 0.334 e. The molecule has 9 heteroatoms. The molecule has 0 atom stereocenters. The zero-order valence-corrected chi connectivity index (χ0v) is 13.9. The molecule has 2 amide bonds. The van der Waals surface area contributed by atoms with Crippen LogP contribution in [0.5, 0.6) is 0 Å². The molecule has 0 heterocycles. The molecule has 0 bridgehead atoms. The maximum absolute atomic E-state index is 11.7. The van der Waals surface area contributed by atoms with Crippen LogP contribution in [0.4, 0.5) is 0 Å². The Morgan fingerprint density at radius 2 is 1.77 bits per heavy atom. The number of hydrogen-bond donors (Lipinski definition) is 0. The van der Waals surface area contributed by atoms with Crippen LogP contribution >= 0.6 is 15.9 Å². The van der Waals surface area contributed by atoms with E-state index in [4.69, 9.17) is 4.84 Å². The summed E-state index contributed by atoms with van der Waals surface area (Å²) in [5, 5.41) is 0.760. The van der Waals surface area contributed by atoms with Crippen LogP contribution in [-0.4, -0.2) is 61.0 Å². The minimum atomic E-state index is -0.697. The first-order chi connectivity index (χ1) is 10.3. The Morgan fingerprint density at radius 1 is 1.14 bits per heavy atom. The highest BCUT2D eigenvalue weighted by atomic mass is 79.9. The summed E-state index contributed by atoms with van der Waals surface area (Å²) in [6.07, 6.45) is 1.98. The van der Waals surface area contributed by atoms with E-state index in [1.165, 1.54) is 19.0 Å². The van der Waals surface area contributed by atoms with E-state index in [-0.39, 0.29) is 30.3 Å². The number of amides is 2. The van der Waals surface area contributed by atoms with Gasteiger partial charge < -0.3 is 14.5 Å². The van der Waals surface area contributed by atoms with Gasteiger partial charge in [0, 0.05) is 33.5 Å². The van der Waals surface area contributed by atoms with Crippen LogP contribution in [0.15, 0.2) is 10.6 Å². The van der Waals surface area contributed by atoms with Crippen molar-refractivity contribution in [2.75, 3.05) is 20.6 Å². The molecule has 0 rings (SSSR count). The largest absolute Gasteiger partial charge is 0.341 e. The van der Waals surface area contributed by atoms with Crippen molar-refractivity contribution >= 4 is 46.3 Å². The lowest BCUT2D eigenvalue weighted by Crippen LogP contribution is -2.33. The number of likely N-dealkylation sites (N-methyl/N-ethyl adjacent to an activating group) is 1. The first-order valence-corrected chi connectivity index (χ1v) is 7.10. The van der Waals surface area contributed by atoms with Gasteiger partial charge in [0.05, 0.1) is 10.9 Å². The number of allylic oxidation sites excluding steroid dienone is 1. The van der Waals surface area contributed by atoms with Crippen molar-refractivity contribution in [3.05, 3.63) is 10.6 Å². The van der Waals surface area contributed by atoms with E-state index in [0.29, 0.717) is 12.6 Å². The van der Waals surface area contributed by atoms with E-state index in [1.807, 2.05) is 0 Å². The highest BCUT2D eigenvalue weighted by Crippen LogP contribution is 2.08. The molecule has 0 aromatic carbocycles. The van der Waals surface area contributed by atoms with E-state index in [9.17, 15) is 24.0 Å². The maximum Gasteiger partial charge on any atom is 0.334 e. The van der Waals surface area contributed by atoms with Gasteiger partial charge >= 0.3 is 5.97 Å². The average Bonchev–Trinajstić information content (AvgIpc) is 2.49. The summed E-state index contributed by atoms with van der Waals surface area (Å²) >= 11 is 2.94. The normalized spacial score (nSPS) is 10.6. The summed E-state index contributed by atoms with van der Waals surface area (Å²) < 4.78 is 0.0690. The molecule has 0 aromatic heterocycles. The molecule has 0 aromatic rings. The molecule has 0 N–H and O–H groups in total. The zero-order valence-electron chi connectivity index (χ0n) is 12.3. The molecule has 0 spiro atoms. The molecule has 0 aliphatic rings. The quantitative estimate of drug-likeness (QED) is 0.341. The molecule has 0 aliphatic heterocycles. The Morgan fingerprint density at radius 3 is 2.32 bits per heavy atom. The number of hydroxylamine groups is 2. The van der Waals surface area contributed by atoms with E-state index in [0.717, 1.165) is 11.1 Å². The van der Waals surface area contributed by atoms with Gasteiger partial charge in [-0.2, -0.15) is 5.06 Å². The number of aldehydes is 2. The van der Waals surface area contributed by atoms with E-state index < -0.39 is 17.8 Å². The lowest BCUT2D eigenvalue weighted by Gasteiger charge is -2.18. The van der Waals surface area contributed by atoms with Gasteiger partial charge in [0.15, 0.2) is 0 Å². The summed E-state index contributed by atoms with van der Waals surface area (Å²) in [5.41, 5.74) is 0. The highest BCUT2D eigenvalue weighted by Gasteiger charge is 2.17. The van der Waals surface area contributed by atoms with Crippen molar-refractivity contribution in [1.29, 1.82) is 0 Å². The van der Waals surface area contributed by atoms with Gasteiger partial charge in [-0.25, -0.2) is 4.79 Å². The third kappa shape index (κ3) is 7.67. The Balaban J connectivity index is 4.25. The van der Waals surface area contributed by atoms with Crippen LogP contribution in [0.25, 0.3) is 0 Å². The molecule has 8 nitrogen and oxygen atoms in total. The molecule has 0 fully saturated rings. The molecular formula is C13H17BrN2O6. The summed E-state index contributed by atoms with van der Waals surface area (Å²) in [7, 11) is 2.72. The summed E-state index contributed by atoms with van der Waals surface area (Å²) in [6, 6.07) is 0. The number of nitrogens with zero attached hydrogens (tertiary/aromatic N) is 2. The first-order valence-electron chi connectivity index (χ1n) is 6.30. The van der Waals surface area contributed by atoms with Crippen molar-refractivity contribution in [3.63, 3.8) is 0 Å². The Hall–Kier alpha value is -2.03. The predicted molar refractivity (Wildman–Crippen MR) is 79.5 cm³/mol. The zero-order chi connectivity index (χ0) is 17.1. The number of rotatable bonds is 8. The van der Waals surface area contributed by atoms with Crippen molar-refractivity contribution in [2.45, 2.75) is 19.3 Å². The lowest BCUT2D eigenvalue weighted by atomic mass is 10.3. The fourth-order valence-corrected chi connectivity index (χ4v) is 1.67. The second kappa shape index (κ2) is 10.7. The van der Waals surface area contributed by atoms with Gasteiger partial charge in [-0.1, -0.05) is 0 Å². The average molecular weight is 377 g/mol. The van der Waals surface area contributed by atoms with E-state index in [1.54, 1.807) is 0 Å². The molecule has 0 radical (unpaired) electrons. The second-order valence-corrected chi connectivity index (χ2v) is 5.04. The van der Waals surface area contributed by atoms with Gasteiger partial charge in [-0.15, -0.1) is 0 Å². The first kappa shape index (κ1) is 20.0. The number of halogens is 1. The molecular weight excluding hydrogens is 360 g/mol. The fraction of sp³-hybridized carbons (Fsp3) is 0.462. The van der Waals surface area contributed by atoms with Gasteiger partial charge in [-0.05, 0) is 22.0 Å². The van der Waals surface area contributed by atoms with Crippen LogP contribution in [0.2, 0.25) is 0 Å². The lowest BCUT2D eigenvalue weighted by molar-refractivity contribution is -0.192. The standard InChI is InChI=1S/C13H17BrN2O6/c1-15(13(21)10(14)6-9-18)7-5-12(20)22-16(2)11(19)4-3-8-17/h6,8-9H,3-5,7H2,1-2H3/b10-6+. The van der Waals surface area contributed by atoms with Gasteiger partial charge in [0.25, 0.3) is 11.8 Å². The van der Waals surface area contributed by atoms with Crippen LogP contribution in [0.3, 0.4) is 0 Å². The highest BCUT2D eigenvalue weighted by molar-refractivity contribution is 9.12. The summed E-state index contributed by atoms with van der Waals surface area (Å²) in [4.78, 5) is 61.1. The van der Waals surface area contributed by atoms with Crippen molar-refractivity contribution in [3.8, 4) is 0 Å². The topological polar surface area (TPSA) is 101 Å². The third-order valence-electron chi connectivity index (χ3n) is 2.48. The Kier molecular flexibility index (Phi) is 9.68. The van der Waals surface area contributed by atoms with Gasteiger partial charge in [0.1, 0.15) is 12.6 Å². The fourth-order valence-electron chi connectivity index (χ4n) is 1.26. The van der Waals surface area contributed by atoms with Gasteiger partial charge in [0.2, 0.25) is 0 Å². The van der Waals surface area contributed by atoms with Crippen LogP contribution in [0, 0.1) is 0 Å². The SMILES string of the molecule is CN(CCC(=O)ON(C)C(=O)CCC=O)C(=O)/C(Br)=C\C=O. The monoisotopic (exact) mass is 376 g/mol. The van der Waals surface area contributed by atoms with Crippen LogP contribution in [0.1, 0.15) is 19.3 Å². The number of carbonyl (C=O) groups excluding carboxylic acids is 5. The number of hydrogen-bond acceptors (Lipinski definition) is 6. The Labute approximate surface area is 136 Å². The predicted octanol–water partition coefficient (Wildman–Crippen LogP) is 0.208. The summed E-state index contributed by atoms with van der Waals surface area (Å²) in [5.74, 6) is -1.66. The number of carbonyl (C=O) groups is 5.